The first-order valence-electron chi connectivity index (χ1n) is 6.49. The number of nitrogens with zero attached hydrogens (tertiary/aromatic N) is 2. The van der Waals surface area contributed by atoms with E-state index in [0.717, 1.165) is 0 Å². The van der Waals surface area contributed by atoms with Crippen LogP contribution in [0.4, 0.5) is 5.82 Å². The summed E-state index contributed by atoms with van der Waals surface area (Å²) in [4.78, 5) is 4.47. The van der Waals surface area contributed by atoms with Crippen molar-refractivity contribution in [1.82, 2.24) is 9.66 Å². The van der Waals surface area contributed by atoms with Crippen LogP contribution in [0, 0.1) is 0 Å². The number of hydrogen-bond donors (Lipinski definition) is 2. The average Bonchev–Trinajstić information content (AvgIpc) is 2.81. The molecule has 1 heterocycles. The normalized spacial score (nSPS) is 10.5. The number of nitrogens with two attached hydrogens (primary N) is 2. The number of nitrogen functional groups attached to an aromatic ring is 2. The predicted molar refractivity (Wildman–Crippen MR) is 81.3 cm³/mol. The second kappa shape index (κ2) is 5.82. The van der Waals surface area contributed by atoms with E-state index in [1.807, 2.05) is 6.92 Å². The number of aromatic nitrogens is 2. The van der Waals surface area contributed by atoms with Gasteiger partial charge in [-0.25, -0.2) is 9.66 Å². The standard InChI is InChI=1S/C14H20N4O3/c1-5-12-17-13(14(15)18(12)16)8-6-10(20-3)11(21-4)7-9(8)19-2/h6-7H,5,15-16H2,1-4H3. The van der Waals surface area contributed by atoms with Gasteiger partial charge in [0.1, 0.15) is 17.3 Å². The van der Waals surface area contributed by atoms with E-state index in [4.69, 9.17) is 25.8 Å². The van der Waals surface area contributed by atoms with Crippen molar-refractivity contribution in [3.63, 3.8) is 0 Å². The van der Waals surface area contributed by atoms with Crippen molar-refractivity contribution >= 4 is 5.82 Å². The maximum atomic E-state index is 6.04. The highest BCUT2D eigenvalue weighted by Crippen LogP contribution is 2.41. The molecule has 21 heavy (non-hydrogen) atoms. The number of rotatable bonds is 5. The number of benzene rings is 1. The van der Waals surface area contributed by atoms with Gasteiger partial charge < -0.3 is 25.8 Å². The molecule has 0 saturated carbocycles. The van der Waals surface area contributed by atoms with Crippen LogP contribution in [0.2, 0.25) is 0 Å². The van der Waals surface area contributed by atoms with Crippen molar-refractivity contribution in [1.29, 1.82) is 0 Å². The third-order valence-corrected chi connectivity index (χ3v) is 3.30. The lowest BCUT2D eigenvalue weighted by molar-refractivity contribution is 0.349. The Hall–Kier alpha value is -2.57. The third-order valence-electron chi connectivity index (χ3n) is 3.30. The molecule has 0 saturated heterocycles. The second-order valence-corrected chi connectivity index (χ2v) is 4.39. The van der Waals surface area contributed by atoms with Crippen molar-refractivity contribution in [2.45, 2.75) is 13.3 Å². The highest BCUT2D eigenvalue weighted by molar-refractivity contribution is 5.78. The highest BCUT2D eigenvalue weighted by atomic mass is 16.5. The van der Waals surface area contributed by atoms with E-state index in [1.54, 1.807) is 33.5 Å². The number of methoxy groups -OCH3 is 3. The summed E-state index contributed by atoms with van der Waals surface area (Å²) < 4.78 is 17.4. The lowest BCUT2D eigenvalue weighted by Crippen LogP contribution is -2.14. The van der Waals surface area contributed by atoms with Crippen molar-refractivity contribution < 1.29 is 14.2 Å². The Balaban J connectivity index is 2.68. The first-order valence-corrected chi connectivity index (χ1v) is 6.49. The molecule has 0 unspecified atom stereocenters. The summed E-state index contributed by atoms with van der Waals surface area (Å²) in [5.74, 6) is 8.69. The number of ether oxygens (including phenoxy) is 3. The van der Waals surface area contributed by atoms with Crippen LogP contribution in [0.3, 0.4) is 0 Å². The Morgan fingerprint density at radius 2 is 1.62 bits per heavy atom. The van der Waals surface area contributed by atoms with Gasteiger partial charge >= 0.3 is 0 Å². The van der Waals surface area contributed by atoms with Crippen LogP contribution in [-0.4, -0.2) is 31.0 Å². The molecule has 0 atom stereocenters. The van der Waals surface area contributed by atoms with Gasteiger partial charge in [0.15, 0.2) is 17.3 Å². The Labute approximate surface area is 123 Å². The van der Waals surface area contributed by atoms with Crippen molar-refractivity contribution in [2.24, 2.45) is 0 Å². The van der Waals surface area contributed by atoms with Crippen LogP contribution in [0.25, 0.3) is 11.3 Å². The van der Waals surface area contributed by atoms with Crippen LogP contribution in [0.1, 0.15) is 12.7 Å². The first kappa shape index (κ1) is 14.8. The minimum Gasteiger partial charge on any atom is -0.496 e. The molecule has 0 aliphatic carbocycles. The Kier molecular flexibility index (Phi) is 4.11. The van der Waals surface area contributed by atoms with Gasteiger partial charge in [-0.3, -0.25) is 0 Å². The fourth-order valence-corrected chi connectivity index (χ4v) is 2.16. The van der Waals surface area contributed by atoms with Gasteiger partial charge in [-0.2, -0.15) is 0 Å². The zero-order chi connectivity index (χ0) is 15.6. The van der Waals surface area contributed by atoms with Crippen molar-refractivity contribution in [3.05, 3.63) is 18.0 Å². The number of anilines is 1. The maximum Gasteiger partial charge on any atom is 0.164 e. The van der Waals surface area contributed by atoms with E-state index >= 15 is 0 Å². The lowest BCUT2D eigenvalue weighted by atomic mass is 10.1. The molecule has 1 aromatic heterocycles. The maximum absolute atomic E-state index is 6.04. The van der Waals surface area contributed by atoms with Gasteiger partial charge in [0.25, 0.3) is 0 Å². The summed E-state index contributed by atoms with van der Waals surface area (Å²) in [6, 6.07) is 3.50. The van der Waals surface area contributed by atoms with Gasteiger partial charge in [-0.15, -0.1) is 0 Å². The lowest BCUT2D eigenvalue weighted by Gasteiger charge is -2.13. The minimum atomic E-state index is 0.373. The number of hydrogen-bond acceptors (Lipinski definition) is 6. The summed E-state index contributed by atoms with van der Waals surface area (Å²) >= 11 is 0. The molecule has 0 spiro atoms. The van der Waals surface area contributed by atoms with E-state index in [-0.39, 0.29) is 0 Å². The summed E-state index contributed by atoms with van der Waals surface area (Å²) in [5, 5.41) is 0. The van der Waals surface area contributed by atoms with Crippen LogP contribution in [0.5, 0.6) is 17.2 Å². The fourth-order valence-electron chi connectivity index (χ4n) is 2.16. The quantitative estimate of drug-likeness (QED) is 0.809. The van der Waals surface area contributed by atoms with Gasteiger partial charge in [0.05, 0.1) is 26.9 Å². The van der Waals surface area contributed by atoms with Crippen LogP contribution < -0.4 is 25.8 Å². The van der Waals surface area contributed by atoms with E-state index in [1.165, 1.54) is 4.68 Å². The van der Waals surface area contributed by atoms with E-state index in [0.29, 0.717) is 46.6 Å². The minimum absolute atomic E-state index is 0.373. The monoisotopic (exact) mass is 292 g/mol. The molecule has 7 nitrogen and oxygen atoms in total. The molecule has 0 aliphatic heterocycles. The van der Waals surface area contributed by atoms with E-state index in [2.05, 4.69) is 4.98 Å². The molecule has 0 aliphatic rings. The smallest absolute Gasteiger partial charge is 0.164 e. The third kappa shape index (κ3) is 2.42. The molecule has 0 fully saturated rings. The SMILES string of the molecule is CCc1nc(-c2cc(OC)c(OC)cc2OC)c(N)n1N. The molecule has 4 N–H and O–H groups in total. The molecular weight excluding hydrogens is 272 g/mol. The second-order valence-electron chi connectivity index (χ2n) is 4.39. The van der Waals surface area contributed by atoms with E-state index < -0.39 is 0 Å². The molecule has 1 aromatic carbocycles. The number of imidazole rings is 1. The molecule has 0 bridgehead atoms. The fraction of sp³-hybridized carbons (Fsp3) is 0.357. The van der Waals surface area contributed by atoms with E-state index in [9.17, 15) is 0 Å². The summed E-state index contributed by atoms with van der Waals surface area (Å²) in [7, 11) is 4.70. The topological polar surface area (TPSA) is 97.5 Å². The van der Waals surface area contributed by atoms with Gasteiger partial charge in [-0.1, -0.05) is 6.92 Å². The Bertz CT molecular complexity index is 652. The van der Waals surface area contributed by atoms with Crippen LogP contribution >= 0.6 is 0 Å². The van der Waals surface area contributed by atoms with Crippen LogP contribution in [-0.2, 0) is 6.42 Å². The molecule has 2 rings (SSSR count). The van der Waals surface area contributed by atoms with Gasteiger partial charge in [-0.05, 0) is 6.07 Å². The van der Waals surface area contributed by atoms with Crippen LogP contribution in [0.15, 0.2) is 12.1 Å². The molecule has 0 radical (unpaired) electrons. The largest absolute Gasteiger partial charge is 0.496 e. The van der Waals surface area contributed by atoms with Gasteiger partial charge in [0.2, 0.25) is 0 Å². The highest BCUT2D eigenvalue weighted by Gasteiger charge is 2.20. The molecule has 114 valence electrons. The molecule has 0 amide bonds. The Morgan fingerprint density at radius 1 is 1.05 bits per heavy atom. The first-order chi connectivity index (χ1) is 10.1. The molecule has 2 aromatic rings. The zero-order valence-electron chi connectivity index (χ0n) is 12.6. The summed E-state index contributed by atoms with van der Waals surface area (Å²) in [6.07, 6.45) is 0.677. The summed E-state index contributed by atoms with van der Waals surface area (Å²) in [6.45, 7) is 1.96. The Morgan fingerprint density at radius 3 is 2.10 bits per heavy atom. The molecule has 7 heteroatoms. The van der Waals surface area contributed by atoms with Gasteiger partial charge in [0, 0.05) is 12.5 Å². The van der Waals surface area contributed by atoms with Crippen molar-refractivity contribution in [3.8, 4) is 28.5 Å². The zero-order valence-corrected chi connectivity index (χ0v) is 12.6. The average molecular weight is 292 g/mol. The van der Waals surface area contributed by atoms with Crippen molar-refractivity contribution in [2.75, 3.05) is 32.9 Å². The predicted octanol–water partition coefficient (Wildman–Crippen LogP) is 1.43. The number of aryl methyl sites for hydroxylation is 1. The molecular formula is C14H20N4O3. The summed E-state index contributed by atoms with van der Waals surface area (Å²) in [5.41, 5.74) is 7.31.